The summed E-state index contributed by atoms with van der Waals surface area (Å²) in [6.45, 7) is 9.00. The molecule has 0 unspecified atom stereocenters. The van der Waals surface area contributed by atoms with Gasteiger partial charge < -0.3 is 9.31 Å². The fourth-order valence-electron chi connectivity index (χ4n) is 1.89. The number of hydrogen-bond donors (Lipinski definition) is 0. The van der Waals surface area contributed by atoms with E-state index in [1.165, 1.54) is 19.1 Å². The summed E-state index contributed by atoms with van der Waals surface area (Å²) in [6.07, 6.45) is 0. The van der Waals surface area contributed by atoms with Crippen LogP contribution in [0.25, 0.3) is 0 Å². The zero-order valence-corrected chi connectivity index (χ0v) is 11.8. The molecule has 0 amide bonds. The van der Waals surface area contributed by atoms with Crippen molar-refractivity contribution in [1.29, 1.82) is 0 Å². The molecule has 0 aliphatic carbocycles. The minimum Gasteiger partial charge on any atom is -0.399 e. The van der Waals surface area contributed by atoms with E-state index in [0.29, 0.717) is 5.46 Å². The summed E-state index contributed by atoms with van der Waals surface area (Å²) in [4.78, 5) is 15.2. The molecule has 102 valence electrons. The highest BCUT2D eigenvalue weighted by Crippen LogP contribution is 2.36. The minimum atomic E-state index is -0.711. The molecule has 1 aromatic rings. The molecule has 0 aromatic carbocycles. The number of aromatic nitrogens is 1. The van der Waals surface area contributed by atoms with Gasteiger partial charge in [0.1, 0.15) is 5.69 Å². The van der Waals surface area contributed by atoms with Gasteiger partial charge in [-0.1, -0.05) is 6.07 Å². The van der Waals surface area contributed by atoms with Gasteiger partial charge in [0.05, 0.1) is 11.2 Å². The number of nitrogens with zero attached hydrogens (tertiary/aromatic N) is 1. The highest BCUT2D eigenvalue weighted by molar-refractivity contribution is 6.63. The second-order valence-corrected chi connectivity index (χ2v) is 5.72. The van der Waals surface area contributed by atoms with E-state index in [1.807, 2.05) is 27.7 Å². The number of Topliss-reactive ketones (excluding diaryl/α,β-unsaturated/α-hetero) is 1. The van der Waals surface area contributed by atoms with Crippen molar-refractivity contribution in [3.8, 4) is 0 Å². The Balaban J connectivity index is 2.42. The van der Waals surface area contributed by atoms with Crippen molar-refractivity contribution in [2.75, 3.05) is 0 Å². The first kappa shape index (κ1) is 14.2. The predicted molar refractivity (Wildman–Crippen MR) is 69.9 cm³/mol. The van der Waals surface area contributed by atoms with Gasteiger partial charge in [0.15, 0.2) is 5.78 Å². The van der Waals surface area contributed by atoms with Crippen LogP contribution >= 0.6 is 0 Å². The first-order valence-electron chi connectivity index (χ1n) is 6.17. The molecule has 1 fully saturated rings. The Kier molecular flexibility index (Phi) is 3.27. The monoisotopic (exact) mass is 265 g/mol. The zero-order chi connectivity index (χ0) is 14.4. The van der Waals surface area contributed by atoms with Crippen molar-refractivity contribution in [3.05, 3.63) is 23.8 Å². The van der Waals surface area contributed by atoms with Crippen molar-refractivity contribution in [3.63, 3.8) is 0 Å². The second kappa shape index (κ2) is 4.39. The van der Waals surface area contributed by atoms with Gasteiger partial charge in [-0.3, -0.25) is 4.79 Å². The molecule has 0 N–H and O–H groups in total. The SMILES string of the molecule is CC(=O)c1nc(F)ccc1B1OC(C)(C)C(C)(C)O1. The smallest absolute Gasteiger partial charge is 0.399 e. The van der Waals surface area contributed by atoms with Crippen molar-refractivity contribution in [2.24, 2.45) is 0 Å². The van der Waals surface area contributed by atoms with Crippen LogP contribution in [-0.2, 0) is 9.31 Å². The zero-order valence-electron chi connectivity index (χ0n) is 11.8. The fraction of sp³-hybridized carbons (Fsp3) is 0.538. The molecule has 2 rings (SSSR count). The number of carbonyl (C=O) groups excluding carboxylic acids is 1. The van der Waals surface area contributed by atoms with Gasteiger partial charge in [0, 0.05) is 12.4 Å². The normalized spacial score (nSPS) is 20.6. The molecule has 0 atom stereocenters. The Morgan fingerprint density at radius 1 is 1.21 bits per heavy atom. The largest absolute Gasteiger partial charge is 0.497 e. The van der Waals surface area contributed by atoms with Gasteiger partial charge >= 0.3 is 7.12 Å². The van der Waals surface area contributed by atoms with E-state index in [-0.39, 0.29) is 11.5 Å². The molecule has 0 spiro atoms. The van der Waals surface area contributed by atoms with Crippen LogP contribution < -0.4 is 5.46 Å². The Morgan fingerprint density at radius 3 is 2.21 bits per heavy atom. The van der Waals surface area contributed by atoms with Crippen LogP contribution in [0.15, 0.2) is 12.1 Å². The van der Waals surface area contributed by atoms with Crippen LogP contribution in [0.5, 0.6) is 0 Å². The number of halogens is 1. The van der Waals surface area contributed by atoms with E-state index in [4.69, 9.17) is 9.31 Å². The molecule has 4 nitrogen and oxygen atoms in total. The minimum absolute atomic E-state index is 0.0542. The lowest BCUT2D eigenvalue weighted by Gasteiger charge is -2.32. The highest BCUT2D eigenvalue weighted by atomic mass is 19.1. The maximum atomic E-state index is 13.2. The molecule has 0 saturated carbocycles. The molecule has 6 heteroatoms. The van der Waals surface area contributed by atoms with Crippen molar-refractivity contribution in [1.82, 2.24) is 4.98 Å². The Morgan fingerprint density at radius 2 is 1.74 bits per heavy atom. The van der Waals surface area contributed by atoms with Crippen LogP contribution in [0.4, 0.5) is 4.39 Å². The van der Waals surface area contributed by atoms with E-state index in [9.17, 15) is 9.18 Å². The summed E-state index contributed by atoms with van der Waals surface area (Å²) in [6, 6.07) is 2.69. The lowest BCUT2D eigenvalue weighted by molar-refractivity contribution is 0.00578. The third-order valence-electron chi connectivity index (χ3n) is 3.73. The Labute approximate surface area is 112 Å². The van der Waals surface area contributed by atoms with Crippen LogP contribution in [0.1, 0.15) is 45.1 Å². The summed E-state index contributed by atoms with van der Waals surface area (Å²) in [5, 5.41) is 0. The van der Waals surface area contributed by atoms with Crippen LogP contribution in [-0.4, -0.2) is 29.1 Å². The van der Waals surface area contributed by atoms with Gasteiger partial charge in [-0.15, -0.1) is 0 Å². The van der Waals surface area contributed by atoms with Gasteiger partial charge in [-0.05, 0) is 33.8 Å². The fourth-order valence-corrected chi connectivity index (χ4v) is 1.89. The molecular weight excluding hydrogens is 248 g/mol. The average molecular weight is 265 g/mol. The van der Waals surface area contributed by atoms with Crippen LogP contribution in [0, 0.1) is 5.95 Å². The number of pyridine rings is 1. The topological polar surface area (TPSA) is 48.4 Å². The van der Waals surface area contributed by atoms with Gasteiger partial charge in [0.2, 0.25) is 5.95 Å². The lowest BCUT2D eigenvalue weighted by Crippen LogP contribution is -2.41. The maximum absolute atomic E-state index is 13.2. The maximum Gasteiger partial charge on any atom is 0.497 e. The first-order chi connectivity index (χ1) is 8.64. The molecule has 2 heterocycles. The average Bonchev–Trinajstić information content (AvgIpc) is 2.47. The number of hydrogen-bond acceptors (Lipinski definition) is 4. The summed E-state index contributed by atoms with van der Waals surface area (Å²) in [5.41, 5.74) is -0.508. The first-order valence-corrected chi connectivity index (χ1v) is 6.17. The number of carbonyl (C=O) groups is 1. The summed E-state index contributed by atoms with van der Waals surface area (Å²) in [7, 11) is -0.711. The van der Waals surface area contributed by atoms with E-state index in [0.717, 1.165) is 0 Å². The standard InChI is InChI=1S/C13H17BFNO3/c1-8(17)11-9(6-7-10(15)16-11)14-18-12(2,3)13(4,5)19-14/h6-7H,1-5H3. The van der Waals surface area contributed by atoms with E-state index >= 15 is 0 Å². The molecule has 1 saturated heterocycles. The molecule has 19 heavy (non-hydrogen) atoms. The molecule has 1 aromatic heterocycles. The Bertz CT molecular complexity index is 515. The Hall–Kier alpha value is -1.27. The van der Waals surface area contributed by atoms with Gasteiger partial charge in [0.25, 0.3) is 0 Å². The number of ketones is 1. The van der Waals surface area contributed by atoms with Crippen molar-refractivity contribution < 1.29 is 18.5 Å². The summed E-state index contributed by atoms with van der Waals surface area (Å²) >= 11 is 0. The van der Waals surface area contributed by atoms with Gasteiger partial charge in [-0.25, -0.2) is 4.98 Å². The van der Waals surface area contributed by atoms with Crippen molar-refractivity contribution >= 4 is 18.4 Å². The molecule has 1 aliphatic rings. The molecule has 0 radical (unpaired) electrons. The summed E-state index contributed by atoms with van der Waals surface area (Å²) in [5.74, 6) is -1.00. The molecular formula is C13H17BFNO3. The third kappa shape index (κ3) is 2.42. The van der Waals surface area contributed by atoms with Crippen molar-refractivity contribution in [2.45, 2.75) is 45.8 Å². The quantitative estimate of drug-likeness (QED) is 0.464. The van der Waals surface area contributed by atoms with Crippen LogP contribution in [0.2, 0.25) is 0 Å². The summed E-state index contributed by atoms with van der Waals surface area (Å²) < 4.78 is 24.8. The second-order valence-electron chi connectivity index (χ2n) is 5.72. The van der Waals surface area contributed by atoms with Crippen LogP contribution in [0.3, 0.4) is 0 Å². The predicted octanol–water partition coefficient (Wildman–Crippen LogP) is 1.72. The molecule has 0 bridgehead atoms. The lowest BCUT2D eigenvalue weighted by atomic mass is 9.77. The number of rotatable bonds is 2. The van der Waals surface area contributed by atoms with Gasteiger partial charge in [-0.2, -0.15) is 4.39 Å². The van der Waals surface area contributed by atoms with E-state index < -0.39 is 24.3 Å². The highest BCUT2D eigenvalue weighted by Gasteiger charge is 2.52. The van der Waals surface area contributed by atoms with E-state index in [2.05, 4.69) is 4.98 Å². The molecule has 1 aliphatic heterocycles. The van der Waals surface area contributed by atoms with E-state index in [1.54, 1.807) is 0 Å². The third-order valence-corrected chi connectivity index (χ3v) is 3.73.